The van der Waals surface area contributed by atoms with Gasteiger partial charge in [0.15, 0.2) is 0 Å². The van der Waals surface area contributed by atoms with Gasteiger partial charge in [-0.25, -0.2) is 4.57 Å². The van der Waals surface area contributed by atoms with Gasteiger partial charge in [-0.3, -0.25) is 0 Å². The number of fused-ring (bicyclic) bond motifs is 1. The summed E-state index contributed by atoms with van der Waals surface area (Å²) in [5.41, 5.74) is 4.36. The molecule has 1 aliphatic heterocycles. The van der Waals surface area contributed by atoms with Crippen molar-refractivity contribution in [2.75, 3.05) is 0 Å². The first-order valence-corrected chi connectivity index (χ1v) is 7.73. The zero-order valence-corrected chi connectivity index (χ0v) is 14.2. The normalized spacial score (nSPS) is 14.9. The molecule has 2 nitrogen and oxygen atoms in total. The van der Waals surface area contributed by atoms with Crippen molar-refractivity contribution in [1.29, 1.82) is 0 Å². The average Bonchev–Trinajstić information content (AvgIpc) is 2.70. The van der Waals surface area contributed by atoms with E-state index in [9.17, 15) is 0 Å². The third kappa shape index (κ3) is 2.55. The standard InChI is InChI=1S/C19H18N2S/c1-13-19(2,3)17-11-15(12-21(4)18(17)20-13)6-5-14-7-9-16(22)10-8-14/h7-12H,1-4H3/p+1. The fourth-order valence-corrected chi connectivity index (χ4v) is 2.72. The Morgan fingerprint density at radius 2 is 1.73 bits per heavy atom. The molecule has 0 N–H and O–H groups in total. The van der Waals surface area contributed by atoms with Crippen LogP contribution in [0, 0.1) is 11.8 Å². The fourth-order valence-electron chi connectivity index (χ4n) is 2.57. The number of rotatable bonds is 0. The smallest absolute Gasteiger partial charge is 0.232 e. The fraction of sp³-hybridized carbons (Fsp3) is 0.263. The predicted octanol–water partition coefficient (Wildman–Crippen LogP) is 3.58. The first kappa shape index (κ1) is 14.9. The van der Waals surface area contributed by atoms with Gasteiger partial charge in [-0.2, -0.15) is 0 Å². The van der Waals surface area contributed by atoms with Gasteiger partial charge < -0.3 is 0 Å². The van der Waals surface area contributed by atoms with Gasteiger partial charge in [0.2, 0.25) is 0 Å². The number of benzene rings is 1. The van der Waals surface area contributed by atoms with Gasteiger partial charge in [0.25, 0.3) is 0 Å². The van der Waals surface area contributed by atoms with E-state index in [1.165, 1.54) is 5.56 Å². The third-order valence-electron chi connectivity index (χ3n) is 4.28. The largest absolute Gasteiger partial charge is 0.326 e. The molecule has 1 aromatic carbocycles. The van der Waals surface area contributed by atoms with Gasteiger partial charge in [-0.05, 0) is 56.1 Å². The van der Waals surface area contributed by atoms with Crippen LogP contribution < -0.4 is 4.57 Å². The summed E-state index contributed by atoms with van der Waals surface area (Å²) < 4.78 is 2.06. The summed E-state index contributed by atoms with van der Waals surface area (Å²) in [4.78, 5) is 5.64. The number of hydrogen-bond donors (Lipinski definition) is 1. The highest BCUT2D eigenvalue weighted by Gasteiger charge is 2.40. The van der Waals surface area contributed by atoms with Gasteiger partial charge in [-0.15, -0.1) is 12.6 Å². The van der Waals surface area contributed by atoms with Crippen LogP contribution >= 0.6 is 12.6 Å². The lowest BCUT2D eigenvalue weighted by molar-refractivity contribution is -0.658. The Balaban J connectivity index is 2.01. The first-order valence-electron chi connectivity index (χ1n) is 7.29. The highest BCUT2D eigenvalue weighted by atomic mass is 32.1. The molecule has 0 saturated heterocycles. The lowest BCUT2D eigenvalue weighted by atomic mass is 9.82. The summed E-state index contributed by atoms with van der Waals surface area (Å²) in [5, 5.41) is 0. The van der Waals surface area contributed by atoms with E-state index in [4.69, 9.17) is 4.99 Å². The molecule has 22 heavy (non-hydrogen) atoms. The SMILES string of the molecule is CC1=Nc2c(cc(C#Cc3ccc(S)cc3)c[n+]2C)C1(C)C. The second-order valence-corrected chi connectivity index (χ2v) is 6.71. The molecule has 0 spiro atoms. The lowest BCUT2D eigenvalue weighted by Crippen LogP contribution is -2.31. The van der Waals surface area contributed by atoms with Crippen molar-refractivity contribution in [2.45, 2.75) is 31.1 Å². The Bertz CT molecular complexity index is 834. The molecule has 1 aromatic heterocycles. The highest BCUT2D eigenvalue weighted by molar-refractivity contribution is 7.80. The van der Waals surface area contributed by atoms with Crippen molar-refractivity contribution in [1.82, 2.24) is 0 Å². The van der Waals surface area contributed by atoms with Crippen molar-refractivity contribution < 1.29 is 4.57 Å². The number of nitrogens with zero attached hydrogens (tertiary/aromatic N) is 2. The molecule has 0 saturated carbocycles. The van der Waals surface area contributed by atoms with Crippen LogP contribution in [0.4, 0.5) is 5.82 Å². The molecule has 0 fully saturated rings. The minimum atomic E-state index is -0.0293. The van der Waals surface area contributed by atoms with E-state index in [-0.39, 0.29) is 5.41 Å². The van der Waals surface area contributed by atoms with Crippen LogP contribution in [0.5, 0.6) is 0 Å². The molecule has 0 radical (unpaired) electrons. The molecule has 110 valence electrons. The zero-order valence-electron chi connectivity index (χ0n) is 13.3. The van der Waals surface area contributed by atoms with Crippen LogP contribution in [-0.4, -0.2) is 5.71 Å². The summed E-state index contributed by atoms with van der Waals surface area (Å²) in [5.74, 6) is 7.50. The lowest BCUT2D eigenvalue weighted by Gasteiger charge is -2.15. The molecule has 2 heterocycles. The zero-order chi connectivity index (χ0) is 15.9. The third-order valence-corrected chi connectivity index (χ3v) is 4.58. The second kappa shape index (κ2) is 5.30. The Morgan fingerprint density at radius 1 is 1.09 bits per heavy atom. The van der Waals surface area contributed by atoms with E-state index in [2.05, 4.69) is 55.9 Å². The predicted molar refractivity (Wildman–Crippen MR) is 93.1 cm³/mol. The van der Waals surface area contributed by atoms with Gasteiger partial charge in [0, 0.05) is 10.5 Å². The molecule has 0 amide bonds. The van der Waals surface area contributed by atoms with Crippen LogP contribution in [0.25, 0.3) is 0 Å². The van der Waals surface area contributed by atoms with Gasteiger partial charge in [-0.1, -0.05) is 11.8 Å². The molecule has 3 rings (SSSR count). The van der Waals surface area contributed by atoms with Crippen molar-refractivity contribution in [2.24, 2.45) is 12.0 Å². The monoisotopic (exact) mass is 307 g/mol. The number of aromatic nitrogens is 1. The van der Waals surface area contributed by atoms with Crippen LogP contribution in [0.15, 0.2) is 46.4 Å². The van der Waals surface area contributed by atoms with E-state index in [1.54, 1.807) is 0 Å². The molecule has 0 bridgehead atoms. The Labute approximate surface area is 137 Å². The number of hydrogen-bond acceptors (Lipinski definition) is 2. The van der Waals surface area contributed by atoms with E-state index >= 15 is 0 Å². The number of thiol groups is 1. The summed E-state index contributed by atoms with van der Waals surface area (Å²) in [6, 6.07) is 10.0. The van der Waals surface area contributed by atoms with E-state index in [0.717, 1.165) is 27.6 Å². The summed E-state index contributed by atoms with van der Waals surface area (Å²) in [7, 11) is 2.03. The van der Waals surface area contributed by atoms with Crippen LogP contribution in [0.2, 0.25) is 0 Å². The molecular formula is C19H19N2S+. The Morgan fingerprint density at radius 3 is 2.41 bits per heavy atom. The Hall–Kier alpha value is -2.05. The second-order valence-electron chi connectivity index (χ2n) is 6.20. The van der Waals surface area contributed by atoms with Gasteiger partial charge in [0.05, 0.1) is 23.6 Å². The highest BCUT2D eigenvalue weighted by Crippen LogP contribution is 2.37. The average molecular weight is 307 g/mol. The van der Waals surface area contributed by atoms with E-state index in [0.29, 0.717) is 0 Å². The van der Waals surface area contributed by atoms with Crippen LogP contribution in [0.3, 0.4) is 0 Å². The summed E-state index contributed by atoms with van der Waals surface area (Å²) >= 11 is 4.29. The molecule has 1 aliphatic rings. The molecule has 3 heteroatoms. The number of aryl methyl sites for hydroxylation is 1. The molecule has 0 unspecified atom stereocenters. The topological polar surface area (TPSA) is 16.2 Å². The minimum absolute atomic E-state index is 0.0293. The molecular weight excluding hydrogens is 288 g/mol. The van der Waals surface area contributed by atoms with Crippen LogP contribution in [0.1, 0.15) is 37.5 Å². The quantitative estimate of drug-likeness (QED) is 0.435. The maximum Gasteiger partial charge on any atom is 0.326 e. The first-order chi connectivity index (χ1) is 10.4. The van der Waals surface area contributed by atoms with Crippen molar-refractivity contribution in [3.8, 4) is 11.8 Å². The van der Waals surface area contributed by atoms with E-state index in [1.807, 2.05) is 37.5 Å². The number of pyridine rings is 1. The van der Waals surface area contributed by atoms with Gasteiger partial charge >= 0.3 is 5.82 Å². The molecule has 0 atom stereocenters. The summed E-state index contributed by atoms with van der Waals surface area (Å²) in [6.07, 6.45) is 2.04. The molecule has 2 aromatic rings. The van der Waals surface area contributed by atoms with Crippen molar-refractivity contribution in [3.05, 3.63) is 53.2 Å². The number of aliphatic imine (C=N–C) groups is 1. The minimum Gasteiger partial charge on any atom is -0.232 e. The van der Waals surface area contributed by atoms with E-state index < -0.39 is 0 Å². The maximum absolute atomic E-state index is 4.70. The maximum atomic E-state index is 4.70. The molecule has 0 aliphatic carbocycles. The van der Waals surface area contributed by atoms with Crippen molar-refractivity contribution in [3.63, 3.8) is 0 Å². The van der Waals surface area contributed by atoms with Crippen LogP contribution in [-0.2, 0) is 12.5 Å². The summed E-state index contributed by atoms with van der Waals surface area (Å²) in [6.45, 7) is 6.50. The van der Waals surface area contributed by atoms with Crippen molar-refractivity contribution >= 4 is 24.2 Å². The van der Waals surface area contributed by atoms with Gasteiger partial charge in [0.1, 0.15) is 11.9 Å². The Kier molecular flexibility index (Phi) is 3.58.